The Bertz CT molecular complexity index is 1100. The number of halogens is 8. The number of ketones is 1. The molecule has 3 rings (SSSR count). The number of cyclic esters (lactones) is 2. The van der Waals surface area contributed by atoms with Crippen LogP contribution in [0.15, 0.2) is 0 Å². The molecule has 0 amide bonds. The highest BCUT2D eigenvalue weighted by Gasteiger charge is 2.36. The Kier molecular flexibility index (Phi) is 11.7. The van der Waals surface area contributed by atoms with Crippen LogP contribution in [0.3, 0.4) is 0 Å². The van der Waals surface area contributed by atoms with Gasteiger partial charge in [0.15, 0.2) is 5.78 Å². The summed E-state index contributed by atoms with van der Waals surface area (Å²) < 4.78 is 11.3. The largest absolute Gasteiger partial charge is 0.478 e. The van der Waals surface area contributed by atoms with E-state index < -0.39 is 17.9 Å². The van der Waals surface area contributed by atoms with E-state index in [2.05, 4.69) is 140 Å². The van der Waals surface area contributed by atoms with Gasteiger partial charge in [0.1, 0.15) is 0 Å². The van der Waals surface area contributed by atoms with E-state index in [9.17, 15) is 19.2 Å². The molecule has 0 bridgehead atoms. The number of aromatic carboxylic acids is 1. The van der Waals surface area contributed by atoms with Gasteiger partial charge in [-0.3, -0.25) is 4.79 Å². The second kappa shape index (κ2) is 12.2. The maximum absolute atomic E-state index is 11.5. The van der Waals surface area contributed by atoms with E-state index in [4.69, 9.17) is 5.11 Å². The number of hydrogen-bond acceptors (Lipinski definition) is 5. The number of carboxylic acid groups (broad SMARTS) is 1. The Balaban J connectivity index is 0.000000220. The lowest BCUT2D eigenvalue weighted by Crippen LogP contribution is -2.14. The van der Waals surface area contributed by atoms with E-state index in [1.54, 1.807) is 0 Å². The third-order valence-corrected chi connectivity index (χ3v) is 18.5. The molecule has 0 unspecified atom stereocenters. The van der Waals surface area contributed by atoms with Gasteiger partial charge in [0.25, 0.3) is 0 Å². The summed E-state index contributed by atoms with van der Waals surface area (Å²) in [6.45, 7) is 1.39. The summed E-state index contributed by atoms with van der Waals surface area (Å²) in [4.78, 5) is 45.6. The molecule has 0 aromatic heterocycles. The van der Waals surface area contributed by atoms with Crippen molar-refractivity contribution in [1.29, 1.82) is 0 Å². The molecule has 14 heteroatoms. The van der Waals surface area contributed by atoms with Crippen LogP contribution in [0.1, 0.15) is 48.4 Å². The number of carbonyl (C=O) groups is 4. The van der Waals surface area contributed by atoms with E-state index >= 15 is 0 Å². The van der Waals surface area contributed by atoms with Crippen molar-refractivity contribution in [3.05, 3.63) is 50.8 Å². The van der Waals surface area contributed by atoms with Gasteiger partial charge in [-0.15, -0.1) is 0 Å². The number of fused-ring (bicyclic) bond motifs is 1. The van der Waals surface area contributed by atoms with Gasteiger partial charge >= 0.3 is 17.9 Å². The first-order valence-corrected chi connectivity index (χ1v) is 16.1. The van der Waals surface area contributed by atoms with E-state index in [1.165, 1.54) is 6.92 Å². The Morgan fingerprint density at radius 3 is 1.26 bits per heavy atom. The van der Waals surface area contributed by atoms with Gasteiger partial charge in [-0.2, -0.15) is 0 Å². The normalized spacial score (nSPS) is 12.2. The first-order chi connectivity index (χ1) is 14.2. The summed E-state index contributed by atoms with van der Waals surface area (Å²) in [5, 5.41) is 9.17. The smallest absolute Gasteiger partial charge is 0.348 e. The number of rotatable bonds is 2. The Morgan fingerprint density at radius 2 is 0.935 bits per heavy atom. The summed E-state index contributed by atoms with van der Waals surface area (Å²) in [6.07, 6.45) is 0. The van der Waals surface area contributed by atoms with Gasteiger partial charge in [-0.1, -0.05) is 0 Å². The van der Waals surface area contributed by atoms with Gasteiger partial charge in [0.05, 0.1) is 16.7 Å². The summed E-state index contributed by atoms with van der Waals surface area (Å²) in [6, 6.07) is 0. The van der Waals surface area contributed by atoms with Gasteiger partial charge in [-0.25, -0.2) is 14.4 Å². The molecule has 1 N–H and O–H groups in total. The van der Waals surface area contributed by atoms with Crippen LogP contribution in [0, 0.1) is 28.6 Å². The summed E-state index contributed by atoms with van der Waals surface area (Å²) in [5.41, 5.74) is 1.24. The third-order valence-electron chi connectivity index (χ3n) is 3.69. The summed E-state index contributed by atoms with van der Waals surface area (Å²) in [7, 11) is 0. The molecule has 0 radical (unpaired) electrons. The lowest BCUT2D eigenvalue weighted by molar-refractivity contribution is 0.0442. The number of Topliss-reactive ketones (excluding diaryl/α,β-unsaturated/α-hetero) is 1. The topological polar surface area (TPSA) is 97.7 Å². The van der Waals surface area contributed by atoms with Crippen molar-refractivity contribution in [2.45, 2.75) is 6.92 Å². The third kappa shape index (κ3) is 6.11. The van der Waals surface area contributed by atoms with Crippen molar-refractivity contribution >= 4 is 204 Å². The molecular formula is C17H4I8O6. The van der Waals surface area contributed by atoms with Crippen molar-refractivity contribution < 1.29 is 29.0 Å². The Morgan fingerprint density at radius 1 is 0.613 bits per heavy atom. The number of carboxylic acids is 1. The van der Waals surface area contributed by atoms with Crippen LogP contribution in [0.25, 0.3) is 0 Å². The average molecular weight is 1320 g/mol. The number of benzene rings is 2. The maximum atomic E-state index is 11.5. The van der Waals surface area contributed by atoms with Crippen molar-refractivity contribution in [1.82, 2.24) is 0 Å². The van der Waals surface area contributed by atoms with Gasteiger partial charge in [0.2, 0.25) is 0 Å². The van der Waals surface area contributed by atoms with Gasteiger partial charge < -0.3 is 9.84 Å². The monoisotopic (exact) mass is 1320 g/mol. The van der Waals surface area contributed by atoms with Gasteiger partial charge in [0, 0.05) is 34.1 Å². The Hall–Kier alpha value is 2.56. The van der Waals surface area contributed by atoms with Crippen molar-refractivity contribution in [2.24, 2.45) is 0 Å². The molecule has 0 saturated carbocycles. The van der Waals surface area contributed by atoms with Gasteiger partial charge in [-0.05, 0) is 188 Å². The molecule has 0 fully saturated rings. The molecule has 2 aromatic rings. The predicted molar refractivity (Wildman–Crippen MR) is 181 cm³/mol. The molecule has 0 spiro atoms. The molecule has 0 saturated heterocycles. The molecule has 1 heterocycles. The summed E-state index contributed by atoms with van der Waals surface area (Å²) >= 11 is 16.7. The molecule has 2 aromatic carbocycles. The lowest BCUT2D eigenvalue weighted by atomic mass is 10.0. The van der Waals surface area contributed by atoms with Crippen LogP contribution in [-0.2, 0) is 4.74 Å². The highest BCUT2D eigenvalue weighted by molar-refractivity contribution is 14.1. The standard InChI is InChI=1S/C9H4I4O3.C8I4O3/c1-2(14)3-4(9(15)16)6(11)8(13)7(12)5(3)10;9-3-1-2(8(14)15-7(1)13)4(10)6(12)5(3)11/h1H3,(H,15,16);. The fourth-order valence-corrected chi connectivity index (χ4v) is 9.79. The minimum Gasteiger partial charge on any atom is -0.478 e. The minimum atomic E-state index is -1.05. The fraction of sp³-hybridized carbons (Fsp3) is 0.0588. The second-order valence-electron chi connectivity index (χ2n) is 5.55. The highest BCUT2D eigenvalue weighted by atomic mass is 127. The maximum Gasteiger partial charge on any atom is 0.348 e. The predicted octanol–water partition coefficient (Wildman–Crippen LogP) is 7.42. The number of ether oxygens (including phenoxy) is 1. The molecule has 164 valence electrons. The zero-order valence-corrected chi connectivity index (χ0v) is 31.8. The molecule has 6 nitrogen and oxygen atoms in total. The molecule has 1 aliphatic rings. The van der Waals surface area contributed by atoms with Crippen molar-refractivity contribution in [2.75, 3.05) is 0 Å². The average Bonchev–Trinajstić information content (AvgIpc) is 2.99. The van der Waals surface area contributed by atoms with E-state index in [-0.39, 0.29) is 11.3 Å². The van der Waals surface area contributed by atoms with Crippen LogP contribution in [0.2, 0.25) is 0 Å². The first kappa shape index (κ1) is 29.8. The molecule has 31 heavy (non-hydrogen) atoms. The van der Waals surface area contributed by atoms with Crippen molar-refractivity contribution in [3.63, 3.8) is 0 Å². The van der Waals surface area contributed by atoms with E-state index in [0.717, 1.165) is 21.4 Å². The SMILES string of the molecule is CC(=O)c1c(I)c(I)c(I)c(I)c1C(=O)O.O=C1OC(=O)c2c(I)c(I)c(I)c(I)c21. The van der Waals surface area contributed by atoms with E-state index in [1.807, 2.05) is 45.2 Å². The van der Waals surface area contributed by atoms with E-state index in [0.29, 0.717) is 23.8 Å². The first-order valence-electron chi connectivity index (χ1n) is 7.46. The van der Waals surface area contributed by atoms with Crippen LogP contribution in [0.4, 0.5) is 0 Å². The zero-order valence-electron chi connectivity index (χ0n) is 14.5. The number of esters is 2. The number of carbonyl (C=O) groups excluding carboxylic acids is 3. The fourth-order valence-electron chi connectivity index (χ4n) is 2.36. The zero-order chi connectivity index (χ0) is 23.9. The van der Waals surface area contributed by atoms with Crippen LogP contribution in [-0.4, -0.2) is 28.8 Å². The summed E-state index contributed by atoms with van der Waals surface area (Å²) in [5.74, 6) is -2.34. The molecule has 1 aliphatic heterocycles. The minimum absolute atomic E-state index is 0.113. The molecular weight excluding hydrogens is 1320 g/mol. The molecule has 0 atom stereocenters. The Labute approximate surface area is 285 Å². The van der Waals surface area contributed by atoms with Crippen LogP contribution < -0.4 is 0 Å². The van der Waals surface area contributed by atoms with Crippen LogP contribution in [0.5, 0.6) is 0 Å². The van der Waals surface area contributed by atoms with Crippen LogP contribution >= 0.6 is 181 Å². The highest BCUT2D eigenvalue weighted by Crippen LogP contribution is 2.36. The number of hydrogen-bond donors (Lipinski definition) is 1. The quantitative estimate of drug-likeness (QED) is 0.0841. The molecule has 0 aliphatic carbocycles. The lowest BCUT2D eigenvalue weighted by Gasteiger charge is -2.12. The second-order valence-corrected chi connectivity index (χ2v) is 14.2. The van der Waals surface area contributed by atoms with Crippen molar-refractivity contribution in [3.8, 4) is 0 Å².